The lowest BCUT2D eigenvalue weighted by Crippen LogP contribution is -2.26. The lowest BCUT2D eigenvalue weighted by atomic mass is 9.97. The third-order valence-electron chi connectivity index (χ3n) is 4.04. The van der Waals surface area contributed by atoms with E-state index in [1.807, 2.05) is 51.1 Å². The molecule has 1 aromatic rings. The predicted molar refractivity (Wildman–Crippen MR) is 109 cm³/mol. The van der Waals surface area contributed by atoms with Gasteiger partial charge in [-0.3, -0.25) is 4.57 Å². The maximum Gasteiger partial charge on any atom is 0.353 e. The van der Waals surface area contributed by atoms with Gasteiger partial charge in [-0.2, -0.15) is 0 Å². The van der Waals surface area contributed by atoms with Gasteiger partial charge in [-0.1, -0.05) is 44.8 Å². The van der Waals surface area contributed by atoms with Crippen molar-refractivity contribution >= 4 is 15.7 Å². The van der Waals surface area contributed by atoms with Crippen molar-refractivity contribution in [3.63, 3.8) is 0 Å². The van der Waals surface area contributed by atoms with Crippen LogP contribution in [0, 0.1) is 5.92 Å². The van der Waals surface area contributed by atoms with E-state index in [0.717, 1.165) is 16.3 Å². The molecule has 0 radical (unpaired) electrons. The molecule has 2 unspecified atom stereocenters. The zero-order valence-corrected chi connectivity index (χ0v) is 18.9. The van der Waals surface area contributed by atoms with Crippen molar-refractivity contribution in [3.05, 3.63) is 40.8 Å². The van der Waals surface area contributed by atoms with Gasteiger partial charge in [-0.25, -0.2) is 0 Å². The zero-order valence-electron chi connectivity index (χ0n) is 17.0. The average molecular weight is 401 g/mol. The summed E-state index contributed by atoms with van der Waals surface area (Å²) in [6.07, 6.45) is 1.18. The van der Waals surface area contributed by atoms with Crippen molar-refractivity contribution in [2.24, 2.45) is 5.92 Å². The largest absolute Gasteiger partial charge is 0.497 e. The van der Waals surface area contributed by atoms with Crippen LogP contribution < -0.4 is 4.74 Å². The normalized spacial score (nSPS) is 15.6. The number of benzene rings is 1. The molecular weight excluding hydrogens is 367 g/mol. The van der Waals surface area contributed by atoms with E-state index in [2.05, 4.69) is 19.6 Å². The van der Waals surface area contributed by atoms with Crippen LogP contribution in [0.1, 0.15) is 32.4 Å². The Morgan fingerprint density at radius 1 is 1.15 bits per heavy atom. The third-order valence-corrected chi connectivity index (χ3v) is 10.5. The number of aliphatic hydroxyl groups is 1. The molecule has 0 aliphatic rings. The Morgan fingerprint density at radius 2 is 1.65 bits per heavy atom. The van der Waals surface area contributed by atoms with E-state index in [9.17, 15) is 9.67 Å². The fourth-order valence-corrected chi connectivity index (χ4v) is 8.60. The van der Waals surface area contributed by atoms with Crippen LogP contribution in [-0.2, 0) is 13.6 Å². The van der Waals surface area contributed by atoms with Gasteiger partial charge in [-0.05, 0) is 31.5 Å². The smallest absolute Gasteiger partial charge is 0.353 e. The minimum atomic E-state index is -3.36. The van der Waals surface area contributed by atoms with Gasteiger partial charge in [0.2, 0.25) is 0 Å². The van der Waals surface area contributed by atoms with Gasteiger partial charge in [0.15, 0.2) is 0 Å². The molecule has 0 aliphatic carbocycles. The molecule has 0 saturated carbocycles. The maximum atomic E-state index is 13.4. The first kappa shape index (κ1) is 23.1. The molecule has 1 N–H and O–H groups in total. The Bertz CT molecular complexity index is 626. The van der Waals surface area contributed by atoms with Crippen LogP contribution >= 0.6 is 7.60 Å². The van der Waals surface area contributed by atoms with Crippen LogP contribution in [-0.4, -0.2) is 33.5 Å². The van der Waals surface area contributed by atoms with Gasteiger partial charge in [-0.15, -0.1) is 0 Å². The Morgan fingerprint density at radius 3 is 2.04 bits per heavy atom. The highest BCUT2D eigenvalue weighted by molar-refractivity contribution is 7.62. The van der Waals surface area contributed by atoms with Crippen LogP contribution in [0.15, 0.2) is 35.3 Å². The van der Waals surface area contributed by atoms with E-state index < -0.39 is 21.8 Å². The molecule has 0 aliphatic heterocycles. The number of hydrogen-bond acceptors (Lipinski definition) is 5. The quantitative estimate of drug-likeness (QED) is 0.421. The molecule has 7 heteroatoms. The Hall–Kier alpha value is -0.913. The van der Waals surface area contributed by atoms with Crippen LogP contribution in [0.5, 0.6) is 5.75 Å². The summed E-state index contributed by atoms with van der Waals surface area (Å²) in [5.41, 5.74) is 0.784. The van der Waals surface area contributed by atoms with Gasteiger partial charge in [0.1, 0.15) is 5.75 Å². The summed E-state index contributed by atoms with van der Waals surface area (Å²) in [6.45, 7) is 12.5. The first-order valence-corrected chi connectivity index (χ1v) is 14.1. The standard InChI is InChI=1S/C19H33O5PSi/c1-8-23-25(21,24-9-2)18(26(5,6)7)14-15(3)19(20)16-10-12-17(22-4)13-11-16/h10-15,19-20H,8-9H2,1-7H3/b18-14+. The third kappa shape index (κ3) is 6.07. The summed E-state index contributed by atoms with van der Waals surface area (Å²) >= 11 is 0. The van der Waals surface area contributed by atoms with E-state index in [-0.39, 0.29) is 5.92 Å². The number of rotatable bonds is 10. The van der Waals surface area contributed by atoms with Crippen molar-refractivity contribution in [1.82, 2.24) is 0 Å². The highest BCUT2D eigenvalue weighted by Crippen LogP contribution is 2.59. The topological polar surface area (TPSA) is 65.0 Å². The number of ether oxygens (including phenoxy) is 1. The average Bonchev–Trinajstić information content (AvgIpc) is 2.58. The molecule has 2 atom stereocenters. The fourth-order valence-electron chi connectivity index (χ4n) is 2.71. The monoisotopic (exact) mass is 400 g/mol. The highest BCUT2D eigenvalue weighted by atomic mass is 31.2. The first-order valence-electron chi connectivity index (χ1n) is 9.03. The SMILES string of the molecule is CCOP(=O)(OCC)/C(=C\C(C)C(O)c1ccc(OC)cc1)[Si](C)(C)C. The van der Waals surface area contributed by atoms with Crippen LogP contribution in [0.2, 0.25) is 19.6 Å². The second-order valence-electron chi connectivity index (χ2n) is 7.21. The molecule has 0 spiro atoms. The van der Waals surface area contributed by atoms with E-state index in [4.69, 9.17) is 13.8 Å². The number of methoxy groups -OCH3 is 1. The predicted octanol–water partition coefficient (Wildman–Crippen LogP) is 5.39. The molecule has 148 valence electrons. The minimum Gasteiger partial charge on any atom is -0.497 e. The Labute approximate surface area is 158 Å². The van der Waals surface area contributed by atoms with Crippen molar-refractivity contribution < 1.29 is 23.5 Å². The first-order chi connectivity index (χ1) is 12.1. The second-order valence-corrected chi connectivity index (χ2v) is 14.7. The Balaban J connectivity index is 3.23. The molecule has 0 fully saturated rings. The fraction of sp³-hybridized carbons (Fsp3) is 0.579. The van der Waals surface area contributed by atoms with Crippen molar-refractivity contribution in [2.75, 3.05) is 20.3 Å². The summed E-state index contributed by atoms with van der Waals surface area (Å²) in [6, 6.07) is 7.32. The molecule has 0 saturated heterocycles. The number of aliphatic hydroxyl groups excluding tert-OH is 1. The maximum absolute atomic E-state index is 13.4. The summed E-state index contributed by atoms with van der Waals surface area (Å²) in [5, 5.41) is 10.8. The summed E-state index contributed by atoms with van der Waals surface area (Å²) in [4.78, 5) is 0.730. The lowest BCUT2D eigenvalue weighted by molar-refractivity contribution is 0.139. The van der Waals surface area contributed by atoms with Crippen molar-refractivity contribution in [1.29, 1.82) is 0 Å². The van der Waals surface area contributed by atoms with Gasteiger partial charge in [0, 0.05) is 10.9 Å². The summed E-state index contributed by atoms with van der Waals surface area (Å²) in [5.74, 6) is 0.503. The van der Waals surface area contributed by atoms with E-state index in [1.165, 1.54) is 0 Å². The molecule has 0 bridgehead atoms. The highest BCUT2D eigenvalue weighted by Gasteiger charge is 2.39. The zero-order chi connectivity index (χ0) is 20.0. The Kier molecular flexibility index (Phi) is 8.77. The molecular formula is C19H33O5PSi. The molecule has 0 amide bonds. The molecule has 0 aromatic heterocycles. The molecule has 5 nitrogen and oxygen atoms in total. The van der Waals surface area contributed by atoms with E-state index in [0.29, 0.717) is 13.2 Å². The minimum absolute atomic E-state index is 0.237. The van der Waals surface area contributed by atoms with Crippen LogP contribution in [0.25, 0.3) is 0 Å². The molecule has 1 rings (SSSR count). The molecule has 26 heavy (non-hydrogen) atoms. The van der Waals surface area contributed by atoms with Gasteiger partial charge in [0.25, 0.3) is 0 Å². The van der Waals surface area contributed by atoms with Crippen molar-refractivity contribution in [3.8, 4) is 5.75 Å². The summed E-state index contributed by atoms with van der Waals surface area (Å²) < 4.78 is 29.7. The summed E-state index contributed by atoms with van der Waals surface area (Å²) in [7, 11) is -3.75. The number of hydrogen-bond donors (Lipinski definition) is 1. The lowest BCUT2D eigenvalue weighted by Gasteiger charge is -2.30. The van der Waals surface area contributed by atoms with Crippen LogP contribution in [0.3, 0.4) is 0 Å². The molecule has 0 heterocycles. The van der Waals surface area contributed by atoms with Crippen molar-refractivity contribution in [2.45, 2.75) is 46.5 Å². The van der Waals surface area contributed by atoms with Gasteiger partial charge < -0.3 is 18.9 Å². The van der Waals surface area contributed by atoms with Gasteiger partial charge in [0.05, 0.1) is 34.5 Å². The molecule has 1 aromatic carbocycles. The van der Waals surface area contributed by atoms with E-state index in [1.54, 1.807) is 7.11 Å². The van der Waals surface area contributed by atoms with Gasteiger partial charge >= 0.3 is 7.60 Å². The van der Waals surface area contributed by atoms with E-state index >= 15 is 0 Å². The second kappa shape index (κ2) is 9.86. The van der Waals surface area contributed by atoms with Crippen LogP contribution in [0.4, 0.5) is 0 Å².